The van der Waals surface area contributed by atoms with Crippen molar-refractivity contribution < 1.29 is 4.79 Å². The zero-order valence-electron chi connectivity index (χ0n) is 13.7. The fourth-order valence-electron chi connectivity index (χ4n) is 3.58. The Morgan fingerprint density at radius 1 is 1.39 bits per heavy atom. The van der Waals surface area contributed by atoms with Gasteiger partial charge < -0.3 is 5.32 Å². The Hall–Kier alpha value is -1.55. The normalized spacial score (nSPS) is 22.9. The highest BCUT2D eigenvalue weighted by Crippen LogP contribution is 2.31. The van der Waals surface area contributed by atoms with Crippen molar-refractivity contribution >= 4 is 28.4 Å². The number of nitrogens with zero attached hydrogens (tertiary/aromatic N) is 1. The minimum absolute atomic E-state index is 0.116. The highest BCUT2D eigenvalue weighted by Gasteiger charge is 2.22. The van der Waals surface area contributed by atoms with E-state index in [9.17, 15) is 4.79 Å². The predicted octanol–water partition coefficient (Wildman–Crippen LogP) is 4.55. The van der Waals surface area contributed by atoms with Gasteiger partial charge in [0.15, 0.2) is 5.69 Å². The summed E-state index contributed by atoms with van der Waals surface area (Å²) in [6.07, 6.45) is 6.25. The molecule has 0 radical (unpaired) electrons. The molecular weight excluding hydrogens is 310 g/mol. The summed E-state index contributed by atoms with van der Waals surface area (Å²) in [6, 6.07) is 5.57. The van der Waals surface area contributed by atoms with Crippen LogP contribution in [0, 0.1) is 11.8 Å². The van der Waals surface area contributed by atoms with E-state index in [2.05, 4.69) is 29.4 Å². The van der Waals surface area contributed by atoms with E-state index in [-0.39, 0.29) is 11.9 Å². The Morgan fingerprint density at radius 3 is 2.87 bits per heavy atom. The maximum Gasteiger partial charge on any atom is 0.272 e. The van der Waals surface area contributed by atoms with E-state index in [1.54, 1.807) is 12.1 Å². The van der Waals surface area contributed by atoms with Gasteiger partial charge in [-0.15, -0.1) is 0 Å². The zero-order chi connectivity index (χ0) is 16.4. The molecule has 1 aromatic carbocycles. The first kappa shape index (κ1) is 16.3. The van der Waals surface area contributed by atoms with Gasteiger partial charge in [0.25, 0.3) is 5.91 Å². The maximum absolute atomic E-state index is 12.5. The van der Waals surface area contributed by atoms with Gasteiger partial charge in [-0.25, -0.2) is 0 Å². The molecule has 1 atom stereocenters. The average Bonchev–Trinajstić information content (AvgIpc) is 2.92. The lowest BCUT2D eigenvalue weighted by Gasteiger charge is -2.28. The van der Waals surface area contributed by atoms with Gasteiger partial charge in [0, 0.05) is 16.5 Å². The number of rotatable bonds is 4. The summed E-state index contributed by atoms with van der Waals surface area (Å²) < 4.78 is 0. The number of fused-ring (bicyclic) bond motifs is 1. The Balaban J connectivity index is 1.61. The van der Waals surface area contributed by atoms with Crippen molar-refractivity contribution in [3.63, 3.8) is 0 Å². The molecule has 124 valence electrons. The van der Waals surface area contributed by atoms with E-state index >= 15 is 0 Å². The topological polar surface area (TPSA) is 57.8 Å². The van der Waals surface area contributed by atoms with Gasteiger partial charge in [0.1, 0.15) is 0 Å². The molecule has 1 fully saturated rings. The fraction of sp³-hybridized carbons (Fsp3) is 0.556. The number of carbonyl (C=O) groups is 1. The van der Waals surface area contributed by atoms with Gasteiger partial charge in [0.05, 0.1) is 5.52 Å². The largest absolute Gasteiger partial charge is 0.348 e. The van der Waals surface area contributed by atoms with E-state index in [0.717, 1.165) is 29.2 Å². The number of carbonyl (C=O) groups excluding carboxylic acids is 1. The third-order valence-corrected chi connectivity index (χ3v) is 5.17. The maximum atomic E-state index is 12.5. The van der Waals surface area contributed by atoms with Crippen LogP contribution in [0.5, 0.6) is 0 Å². The Morgan fingerprint density at radius 2 is 2.13 bits per heavy atom. The van der Waals surface area contributed by atoms with Gasteiger partial charge in [-0.1, -0.05) is 44.2 Å². The Labute approximate surface area is 142 Å². The van der Waals surface area contributed by atoms with Crippen LogP contribution >= 0.6 is 11.6 Å². The number of H-pyrrole nitrogens is 1. The van der Waals surface area contributed by atoms with Crippen LogP contribution in [-0.4, -0.2) is 22.1 Å². The molecule has 0 bridgehead atoms. The summed E-state index contributed by atoms with van der Waals surface area (Å²) in [7, 11) is 0. The number of halogens is 1. The van der Waals surface area contributed by atoms with Crippen molar-refractivity contribution in [3.8, 4) is 0 Å². The van der Waals surface area contributed by atoms with E-state index in [4.69, 9.17) is 11.6 Å². The lowest BCUT2D eigenvalue weighted by Crippen LogP contribution is -2.35. The van der Waals surface area contributed by atoms with Crippen molar-refractivity contribution in [1.29, 1.82) is 0 Å². The molecule has 0 saturated heterocycles. The van der Waals surface area contributed by atoms with Gasteiger partial charge in [-0.3, -0.25) is 9.89 Å². The Bertz CT molecular complexity index is 689. The minimum Gasteiger partial charge on any atom is -0.348 e. The van der Waals surface area contributed by atoms with Crippen LogP contribution in [0.1, 0.15) is 56.4 Å². The van der Waals surface area contributed by atoms with Gasteiger partial charge in [0.2, 0.25) is 0 Å². The number of benzene rings is 1. The second-order valence-corrected chi connectivity index (χ2v) is 7.43. The lowest BCUT2D eigenvalue weighted by atomic mass is 9.80. The highest BCUT2D eigenvalue weighted by molar-refractivity contribution is 6.31. The van der Waals surface area contributed by atoms with E-state index < -0.39 is 0 Å². The average molecular weight is 334 g/mol. The zero-order valence-corrected chi connectivity index (χ0v) is 14.5. The summed E-state index contributed by atoms with van der Waals surface area (Å²) >= 11 is 5.96. The molecule has 1 amide bonds. The second kappa shape index (κ2) is 6.91. The molecule has 1 heterocycles. The van der Waals surface area contributed by atoms with Gasteiger partial charge >= 0.3 is 0 Å². The summed E-state index contributed by atoms with van der Waals surface area (Å²) in [6.45, 7) is 4.41. The van der Waals surface area contributed by atoms with Crippen molar-refractivity contribution in [2.24, 2.45) is 11.8 Å². The molecular formula is C18H24ClN3O. The number of aromatic nitrogens is 2. The first-order chi connectivity index (χ1) is 11.0. The third-order valence-electron chi connectivity index (χ3n) is 4.94. The minimum atomic E-state index is -0.116. The van der Waals surface area contributed by atoms with Crippen LogP contribution in [0.3, 0.4) is 0 Å². The molecule has 0 aliphatic heterocycles. The molecule has 2 N–H and O–H groups in total. The van der Waals surface area contributed by atoms with E-state index in [1.807, 2.05) is 6.07 Å². The number of hydrogen-bond donors (Lipinski definition) is 2. The SMILES string of the molecule is CC1CCC(CC(C)NC(=O)c2n[nH]c3cc(Cl)ccc23)CC1. The van der Waals surface area contributed by atoms with Gasteiger partial charge in [-0.05, 0) is 43.4 Å². The summed E-state index contributed by atoms with van der Waals surface area (Å²) in [5.41, 5.74) is 1.23. The number of amides is 1. The lowest BCUT2D eigenvalue weighted by molar-refractivity contribution is 0.0928. The summed E-state index contributed by atoms with van der Waals surface area (Å²) in [5, 5.41) is 11.6. The Kier molecular flexibility index (Phi) is 4.90. The standard InChI is InChI=1S/C18H24ClN3O/c1-11-3-5-13(6-4-11)9-12(2)20-18(23)17-15-8-7-14(19)10-16(15)21-22-17/h7-8,10-13H,3-6,9H2,1-2H3,(H,20,23)(H,21,22). The van der Waals surface area contributed by atoms with Crippen molar-refractivity contribution in [1.82, 2.24) is 15.5 Å². The molecule has 1 aliphatic rings. The summed E-state index contributed by atoms with van der Waals surface area (Å²) in [4.78, 5) is 12.5. The molecule has 0 spiro atoms. The molecule has 2 aromatic rings. The molecule has 3 rings (SSSR count). The first-order valence-electron chi connectivity index (χ1n) is 8.47. The third kappa shape index (κ3) is 3.86. The van der Waals surface area contributed by atoms with Crippen LogP contribution < -0.4 is 5.32 Å². The monoisotopic (exact) mass is 333 g/mol. The number of nitrogens with one attached hydrogen (secondary N) is 2. The molecule has 1 unspecified atom stereocenters. The van der Waals surface area contributed by atoms with Crippen LogP contribution in [0.15, 0.2) is 18.2 Å². The van der Waals surface area contributed by atoms with Crippen LogP contribution in [0.2, 0.25) is 5.02 Å². The van der Waals surface area contributed by atoms with Crippen molar-refractivity contribution in [2.75, 3.05) is 0 Å². The molecule has 23 heavy (non-hydrogen) atoms. The van der Waals surface area contributed by atoms with Crippen LogP contribution in [0.25, 0.3) is 10.9 Å². The molecule has 1 aliphatic carbocycles. The highest BCUT2D eigenvalue weighted by atomic mass is 35.5. The smallest absolute Gasteiger partial charge is 0.272 e. The van der Waals surface area contributed by atoms with Crippen molar-refractivity contribution in [3.05, 3.63) is 28.9 Å². The second-order valence-electron chi connectivity index (χ2n) is 7.00. The molecule has 1 saturated carbocycles. The van der Waals surface area contributed by atoms with Crippen LogP contribution in [0.4, 0.5) is 0 Å². The quantitative estimate of drug-likeness (QED) is 0.862. The molecule has 5 heteroatoms. The molecule has 4 nitrogen and oxygen atoms in total. The molecule has 1 aromatic heterocycles. The summed E-state index contributed by atoms with van der Waals surface area (Å²) in [5.74, 6) is 1.48. The number of hydrogen-bond acceptors (Lipinski definition) is 2. The first-order valence-corrected chi connectivity index (χ1v) is 8.85. The van der Waals surface area contributed by atoms with Gasteiger partial charge in [-0.2, -0.15) is 5.10 Å². The van der Waals surface area contributed by atoms with E-state index in [0.29, 0.717) is 10.7 Å². The number of aromatic amines is 1. The van der Waals surface area contributed by atoms with E-state index in [1.165, 1.54) is 25.7 Å². The predicted molar refractivity (Wildman–Crippen MR) is 93.8 cm³/mol. The van der Waals surface area contributed by atoms with Crippen molar-refractivity contribution in [2.45, 2.75) is 52.0 Å². The fourth-order valence-corrected chi connectivity index (χ4v) is 3.75. The van der Waals surface area contributed by atoms with Crippen LogP contribution in [-0.2, 0) is 0 Å².